The minimum atomic E-state index is 0. The number of ether oxygens (including phenoxy) is 5. The number of fused-ring (bicyclic) bond motifs is 2. The van der Waals surface area contributed by atoms with E-state index in [2.05, 4.69) is 54.2 Å². The van der Waals surface area contributed by atoms with E-state index in [1.165, 1.54) is 11.1 Å². The van der Waals surface area contributed by atoms with Gasteiger partial charge in [-0.2, -0.15) is 0 Å². The molecule has 0 radical (unpaired) electrons. The molecule has 1 N–H and O–H groups in total. The smallest absolute Gasteiger partial charge is 0.204 e. The van der Waals surface area contributed by atoms with Crippen LogP contribution < -0.4 is 23.7 Å². The molecule has 250 valence electrons. The molecule has 4 heterocycles. The number of hydrogen-bond acceptors (Lipinski definition) is 8. The number of phenolic OH excluding ortho intramolecular Hbond substituents is 1. The Kier molecular flexibility index (Phi) is 10.4. The Morgan fingerprint density at radius 1 is 0.702 bits per heavy atom. The van der Waals surface area contributed by atoms with Crippen LogP contribution in [0.3, 0.4) is 0 Å². The van der Waals surface area contributed by atoms with Crippen molar-refractivity contribution >= 4 is 24.8 Å². The lowest BCUT2D eigenvalue weighted by molar-refractivity contribution is 0.220. The van der Waals surface area contributed by atoms with Crippen LogP contribution in [0.1, 0.15) is 45.5 Å². The quantitative estimate of drug-likeness (QED) is 0.236. The monoisotopic (exact) mass is 680 g/mol. The molecule has 4 aromatic rings. The summed E-state index contributed by atoms with van der Waals surface area (Å²) in [6, 6.07) is 20.1. The SMILES string of the molecule is COc1cc2c3cc1Oc1c(OC)c(OC)cc4c1C(Cc1cccc(c1)Oc1ccc(c(O)c1)CC3N(C)CC2)N(C)CC4.Cl.Cl. The van der Waals surface area contributed by atoms with Crippen LogP contribution in [0.4, 0.5) is 0 Å². The Morgan fingerprint density at radius 2 is 1.40 bits per heavy atom. The lowest BCUT2D eigenvalue weighted by Gasteiger charge is -2.37. The van der Waals surface area contributed by atoms with Crippen molar-refractivity contribution in [1.29, 1.82) is 0 Å². The summed E-state index contributed by atoms with van der Waals surface area (Å²) in [6.45, 7) is 1.79. The molecule has 6 bridgehead atoms. The van der Waals surface area contributed by atoms with Crippen LogP contribution in [-0.2, 0) is 25.7 Å². The lowest BCUT2D eigenvalue weighted by Crippen LogP contribution is -2.34. The van der Waals surface area contributed by atoms with E-state index in [9.17, 15) is 5.11 Å². The first-order valence-corrected chi connectivity index (χ1v) is 15.5. The van der Waals surface area contributed by atoms with Crippen molar-refractivity contribution in [3.05, 3.63) is 94.0 Å². The van der Waals surface area contributed by atoms with E-state index in [-0.39, 0.29) is 42.6 Å². The molecule has 4 aliphatic rings. The third kappa shape index (κ3) is 6.40. The van der Waals surface area contributed by atoms with Gasteiger partial charge in [0.1, 0.15) is 17.2 Å². The van der Waals surface area contributed by atoms with Gasteiger partial charge in [0, 0.05) is 36.8 Å². The molecule has 2 atom stereocenters. The molecule has 4 aromatic carbocycles. The third-order valence-electron chi connectivity index (χ3n) is 9.64. The van der Waals surface area contributed by atoms with Crippen LogP contribution in [0, 0.1) is 0 Å². The third-order valence-corrected chi connectivity index (χ3v) is 9.64. The van der Waals surface area contributed by atoms with Gasteiger partial charge in [-0.3, -0.25) is 9.80 Å². The Balaban J connectivity index is 0.00000217. The molecule has 8 rings (SSSR count). The zero-order valence-corrected chi connectivity index (χ0v) is 29.0. The highest BCUT2D eigenvalue weighted by Gasteiger charge is 2.34. The Labute approximate surface area is 289 Å². The number of likely N-dealkylation sites (N-methyl/N-ethyl adjacent to an activating group) is 2. The zero-order valence-electron chi connectivity index (χ0n) is 27.4. The van der Waals surface area contributed by atoms with Crippen molar-refractivity contribution in [3.8, 4) is 46.0 Å². The van der Waals surface area contributed by atoms with Gasteiger partial charge in [0.25, 0.3) is 0 Å². The lowest BCUT2D eigenvalue weighted by atomic mass is 9.87. The highest BCUT2D eigenvalue weighted by Crippen LogP contribution is 2.52. The van der Waals surface area contributed by atoms with Gasteiger partial charge in [0.15, 0.2) is 23.0 Å². The van der Waals surface area contributed by atoms with Crippen LogP contribution >= 0.6 is 24.8 Å². The molecule has 0 amide bonds. The van der Waals surface area contributed by atoms with Gasteiger partial charge in [-0.05, 0) is 104 Å². The van der Waals surface area contributed by atoms with Crippen molar-refractivity contribution in [1.82, 2.24) is 9.80 Å². The van der Waals surface area contributed by atoms with Crippen LogP contribution in [0.5, 0.6) is 46.0 Å². The zero-order chi connectivity index (χ0) is 31.2. The first-order chi connectivity index (χ1) is 21.9. The van der Waals surface area contributed by atoms with Gasteiger partial charge in [0.05, 0.1) is 21.3 Å². The van der Waals surface area contributed by atoms with E-state index in [1.807, 2.05) is 24.3 Å². The van der Waals surface area contributed by atoms with E-state index in [0.717, 1.165) is 60.4 Å². The standard InChI is InChI=1S/C37H40N2O6.2ClH/c1-38-13-11-23-18-32(41-3)33-21-28(23)29(38)17-24-9-10-27(20-31(24)40)44-26-8-6-7-22(15-26)16-30-35-25(12-14-39(30)2)19-34(42-4)36(43-5)37(35)45-33;;/h6-10,15,18-21,29-30,40H,11-14,16-17H2,1-5H3;2*1H. The van der Waals surface area contributed by atoms with Crippen LogP contribution in [0.2, 0.25) is 0 Å². The largest absolute Gasteiger partial charge is 0.508 e. The maximum absolute atomic E-state index is 11.1. The van der Waals surface area contributed by atoms with E-state index >= 15 is 0 Å². The molecule has 0 saturated heterocycles. The number of rotatable bonds is 3. The molecule has 0 spiro atoms. The average molecular weight is 682 g/mol. The summed E-state index contributed by atoms with van der Waals surface area (Å²) in [7, 11) is 9.30. The number of methoxy groups -OCH3 is 3. The number of benzene rings is 4. The van der Waals surface area contributed by atoms with E-state index in [0.29, 0.717) is 40.9 Å². The molecule has 8 nitrogen and oxygen atoms in total. The summed E-state index contributed by atoms with van der Waals surface area (Å²) >= 11 is 0. The van der Waals surface area contributed by atoms with Crippen molar-refractivity contribution in [2.45, 2.75) is 37.8 Å². The highest BCUT2D eigenvalue weighted by molar-refractivity contribution is 5.85. The second kappa shape index (κ2) is 14.1. The fraction of sp³-hybridized carbons (Fsp3) is 0.351. The molecule has 2 unspecified atom stereocenters. The molecular weight excluding hydrogens is 639 g/mol. The topological polar surface area (TPSA) is 72.9 Å². The minimum absolute atomic E-state index is 0. The Bertz CT molecular complexity index is 1770. The first kappa shape index (κ1) is 34.5. The van der Waals surface area contributed by atoms with Crippen molar-refractivity contribution < 1.29 is 28.8 Å². The fourth-order valence-electron chi connectivity index (χ4n) is 7.16. The number of hydrogen-bond donors (Lipinski definition) is 1. The van der Waals surface area contributed by atoms with Gasteiger partial charge >= 0.3 is 0 Å². The molecule has 0 fully saturated rings. The Morgan fingerprint density at radius 3 is 2.13 bits per heavy atom. The second-order valence-corrected chi connectivity index (χ2v) is 12.3. The summed E-state index contributed by atoms with van der Waals surface area (Å²) in [5, 5.41) is 11.1. The Hall–Kier alpha value is -3.82. The normalized spacial score (nSPS) is 18.6. The number of aromatic hydroxyl groups is 1. The van der Waals surface area contributed by atoms with Crippen molar-refractivity contribution in [2.75, 3.05) is 48.5 Å². The summed E-state index contributed by atoms with van der Waals surface area (Å²) < 4.78 is 31.1. The van der Waals surface area contributed by atoms with Gasteiger partial charge in [-0.15, -0.1) is 24.8 Å². The van der Waals surface area contributed by atoms with E-state index < -0.39 is 0 Å². The molecule has 0 aliphatic carbocycles. The predicted molar refractivity (Wildman–Crippen MR) is 187 cm³/mol. The summed E-state index contributed by atoms with van der Waals surface area (Å²) in [5.41, 5.74) is 6.61. The van der Waals surface area contributed by atoms with Gasteiger partial charge in [-0.25, -0.2) is 0 Å². The number of phenols is 1. The maximum Gasteiger partial charge on any atom is 0.204 e. The molecule has 0 aromatic heterocycles. The molecule has 4 aliphatic heterocycles. The second-order valence-electron chi connectivity index (χ2n) is 12.3. The molecular formula is C37H42Cl2N2O6. The minimum Gasteiger partial charge on any atom is -0.508 e. The molecule has 47 heavy (non-hydrogen) atoms. The van der Waals surface area contributed by atoms with Crippen LogP contribution in [0.25, 0.3) is 0 Å². The van der Waals surface area contributed by atoms with Crippen LogP contribution in [0.15, 0.2) is 60.7 Å². The van der Waals surface area contributed by atoms with E-state index in [1.54, 1.807) is 27.4 Å². The maximum atomic E-state index is 11.1. The molecule has 10 heteroatoms. The van der Waals surface area contributed by atoms with Crippen molar-refractivity contribution in [3.63, 3.8) is 0 Å². The van der Waals surface area contributed by atoms with Gasteiger partial charge in [0.2, 0.25) is 5.75 Å². The van der Waals surface area contributed by atoms with Gasteiger partial charge in [-0.1, -0.05) is 18.2 Å². The highest BCUT2D eigenvalue weighted by atomic mass is 35.5. The number of halogens is 2. The number of nitrogens with zero attached hydrogens (tertiary/aromatic N) is 2. The summed E-state index contributed by atoms with van der Waals surface area (Å²) in [6.07, 6.45) is 3.10. The average Bonchev–Trinajstić information content (AvgIpc) is 3.04. The van der Waals surface area contributed by atoms with E-state index in [4.69, 9.17) is 23.7 Å². The van der Waals surface area contributed by atoms with Gasteiger partial charge < -0.3 is 28.8 Å². The van der Waals surface area contributed by atoms with Crippen LogP contribution in [-0.4, -0.2) is 63.4 Å². The summed E-state index contributed by atoms with van der Waals surface area (Å²) in [5.74, 6) is 4.67. The first-order valence-electron chi connectivity index (χ1n) is 15.5. The molecule has 0 saturated carbocycles. The fourth-order valence-corrected chi connectivity index (χ4v) is 7.16. The predicted octanol–water partition coefficient (Wildman–Crippen LogP) is 7.70. The van der Waals surface area contributed by atoms with Crippen molar-refractivity contribution in [2.24, 2.45) is 0 Å². The summed E-state index contributed by atoms with van der Waals surface area (Å²) in [4.78, 5) is 4.71.